The van der Waals surface area contributed by atoms with Crippen LogP contribution < -0.4 is 0 Å². The van der Waals surface area contributed by atoms with Crippen molar-refractivity contribution in [2.45, 2.75) is 38.0 Å². The van der Waals surface area contributed by atoms with E-state index in [9.17, 15) is 9.90 Å². The van der Waals surface area contributed by atoms with Crippen LogP contribution in [0.25, 0.3) is 0 Å². The Morgan fingerprint density at radius 1 is 1.20 bits per heavy atom. The van der Waals surface area contributed by atoms with Gasteiger partial charge < -0.3 is 5.11 Å². The molecule has 0 saturated heterocycles. The number of carboxylic acid groups (broad SMARTS) is 1. The molecule has 0 aliphatic heterocycles. The summed E-state index contributed by atoms with van der Waals surface area (Å²) in [4.78, 5) is 11.4. The standard InChI is InChI=1S/C13H16O2/c1-10-4-6-11(7-5-10)13(12(14)15)8-2-3-9-13/h4-7H,2-3,8-9H2,1H3,(H,14,15). The van der Waals surface area contributed by atoms with E-state index < -0.39 is 11.4 Å². The van der Waals surface area contributed by atoms with Gasteiger partial charge in [-0.3, -0.25) is 4.79 Å². The summed E-state index contributed by atoms with van der Waals surface area (Å²) in [5, 5.41) is 9.39. The van der Waals surface area contributed by atoms with Crippen LogP contribution in [0.4, 0.5) is 0 Å². The Kier molecular flexibility index (Phi) is 2.51. The van der Waals surface area contributed by atoms with Gasteiger partial charge in [0.2, 0.25) is 0 Å². The first-order chi connectivity index (χ1) is 7.15. The largest absolute Gasteiger partial charge is 0.481 e. The zero-order valence-corrected chi connectivity index (χ0v) is 8.99. The molecule has 1 aliphatic carbocycles. The van der Waals surface area contributed by atoms with Crippen molar-refractivity contribution in [1.82, 2.24) is 0 Å². The Bertz CT molecular complexity index is 359. The van der Waals surface area contributed by atoms with Crippen LogP contribution in [-0.2, 0) is 10.2 Å². The van der Waals surface area contributed by atoms with E-state index in [2.05, 4.69) is 0 Å². The maximum absolute atomic E-state index is 11.4. The monoisotopic (exact) mass is 204 g/mol. The van der Waals surface area contributed by atoms with Crippen LogP contribution in [0.1, 0.15) is 36.8 Å². The van der Waals surface area contributed by atoms with Crippen molar-refractivity contribution < 1.29 is 9.90 Å². The molecule has 1 fully saturated rings. The van der Waals surface area contributed by atoms with Gasteiger partial charge in [0.25, 0.3) is 0 Å². The fourth-order valence-corrected chi connectivity index (χ4v) is 2.48. The highest BCUT2D eigenvalue weighted by molar-refractivity contribution is 5.81. The van der Waals surface area contributed by atoms with E-state index in [4.69, 9.17) is 0 Å². The van der Waals surface area contributed by atoms with Crippen molar-refractivity contribution in [3.8, 4) is 0 Å². The molecule has 1 aromatic rings. The molecule has 0 atom stereocenters. The van der Waals surface area contributed by atoms with E-state index in [1.807, 2.05) is 31.2 Å². The molecule has 15 heavy (non-hydrogen) atoms. The molecule has 2 heteroatoms. The minimum atomic E-state index is -0.663. The third-order valence-electron chi connectivity index (χ3n) is 3.47. The van der Waals surface area contributed by atoms with Gasteiger partial charge >= 0.3 is 5.97 Å². The maximum atomic E-state index is 11.4. The molecule has 0 aromatic heterocycles. The molecular weight excluding hydrogens is 188 g/mol. The van der Waals surface area contributed by atoms with Crippen molar-refractivity contribution >= 4 is 5.97 Å². The van der Waals surface area contributed by atoms with Gasteiger partial charge in [0.15, 0.2) is 0 Å². The smallest absolute Gasteiger partial charge is 0.314 e. The number of carbonyl (C=O) groups is 1. The number of benzene rings is 1. The summed E-state index contributed by atoms with van der Waals surface area (Å²) in [7, 11) is 0. The van der Waals surface area contributed by atoms with Crippen molar-refractivity contribution in [3.63, 3.8) is 0 Å². The normalized spacial score (nSPS) is 19.0. The molecule has 2 nitrogen and oxygen atoms in total. The van der Waals surface area contributed by atoms with Crippen molar-refractivity contribution in [1.29, 1.82) is 0 Å². The van der Waals surface area contributed by atoms with Gasteiger partial charge in [-0.2, -0.15) is 0 Å². The molecule has 1 saturated carbocycles. The van der Waals surface area contributed by atoms with E-state index in [-0.39, 0.29) is 0 Å². The van der Waals surface area contributed by atoms with E-state index in [1.54, 1.807) is 0 Å². The molecule has 0 radical (unpaired) electrons. The topological polar surface area (TPSA) is 37.3 Å². The fraction of sp³-hybridized carbons (Fsp3) is 0.462. The molecule has 1 N–H and O–H groups in total. The highest BCUT2D eigenvalue weighted by Crippen LogP contribution is 2.41. The first-order valence-electron chi connectivity index (χ1n) is 5.46. The van der Waals surface area contributed by atoms with E-state index in [1.165, 1.54) is 5.56 Å². The van der Waals surface area contributed by atoms with Gasteiger partial charge in [0, 0.05) is 0 Å². The van der Waals surface area contributed by atoms with Crippen LogP contribution in [0.15, 0.2) is 24.3 Å². The Morgan fingerprint density at radius 3 is 2.20 bits per heavy atom. The summed E-state index contributed by atoms with van der Waals surface area (Å²) >= 11 is 0. The zero-order chi connectivity index (χ0) is 10.9. The Morgan fingerprint density at radius 2 is 1.73 bits per heavy atom. The lowest BCUT2D eigenvalue weighted by Gasteiger charge is -2.24. The highest BCUT2D eigenvalue weighted by Gasteiger charge is 2.42. The predicted molar refractivity (Wildman–Crippen MR) is 59.0 cm³/mol. The lowest BCUT2D eigenvalue weighted by molar-refractivity contribution is -0.143. The number of aryl methyl sites for hydroxylation is 1. The van der Waals surface area contributed by atoms with Gasteiger partial charge in [-0.05, 0) is 25.3 Å². The first kappa shape index (κ1) is 10.2. The summed E-state index contributed by atoms with van der Waals surface area (Å²) in [6.07, 6.45) is 3.62. The second-order valence-corrected chi connectivity index (χ2v) is 4.46. The zero-order valence-electron chi connectivity index (χ0n) is 8.99. The number of carboxylic acids is 1. The quantitative estimate of drug-likeness (QED) is 0.804. The molecule has 0 heterocycles. The minimum Gasteiger partial charge on any atom is -0.481 e. The number of hydrogen-bond donors (Lipinski definition) is 1. The maximum Gasteiger partial charge on any atom is 0.314 e. The van der Waals surface area contributed by atoms with Crippen molar-refractivity contribution in [2.24, 2.45) is 0 Å². The lowest BCUT2D eigenvalue weighted by Crippen LogP contribution is -2.32. The number of hydrogen-bond acceptors (Lipinski definition) is 1. The summed E-state index contributed by atoms with van der Waals surface area (Å²) in [5.41, 5.74) is 1.55. The summed E-state index contributed by atoms with van der Waals surface area (Å²) in [6.45, 7) is 2.02. The highest BCUT2D eigenvalue weighted by atomic mass is 16.4. The minimum absolute atomic E-state index is 0.603. The van der Waals surface area contributed by atoms with Crippen LogP contribution in [0.2, 0.25) is 0 Å². The Hall–Kier alpha value is -1.31. The second-order valence-electron chi connectivity index (χ2n) is 4.46. The van der Waals surface area contributed by atoms with Gasteiger partial charge in [-0.1, -0.05) is 42.7 Å². The van der Waals surface area contributed by atoms with Crippen LogP contribution in [-0.4, -0.2) is 11.1 Å². The molecule has 0 amide bonds. The molecule has 2 rings (SSSR count). The van der Waals surface area contributed by atoms with Crippen LogP contribution >= 0.6 is 0 Å². The second kappa shape index (κ2) is 3.69. The molecule has 0 spiro atoms. The average Bonchev–Trinajstić information content (AvgIpc) is 2.69. The Labute approximate surface area is 89.9 Å². The van der Waals surface area contributed by atoms with Gasteiger partial charge in [0.05, 0.1) is 5.41 Å². The van der Waals surface area contributed by atoms with E-state index in [0.717, 1.165) is 31.2 Å². The van der Waals surface area contributed by atoms with Crippen molar-refractivity contribution in [3.05, 3.63) is 35.4 Å². The average molecular weight is 204 g/mol. The number of rotatable bonds is 2. The van der Waals surface area contributed by atoms with Crippen LogP contribution in [0, 0.1) is 6.92 Å². The lowest BCUT2D eigenvalue weighted by atomic mass is 9.79. The fourth-order valence-electron chi connectivity index (χ4n) is 2.48. The summed E-state index contributed by atoms with van der Waals surface area (Å²) in [5.74, 6) is -0.663. The third kappa shape index (κ3) is 1.65. The molecule has 1 aliphatic rings. The van der Waals surface area contributed by atoms with E-state index >= 15 is 0 Å². The van der Waals surface area contributed by atoms with E-state index in [0.29, 0.717) is 0 Å². The first-order valence-corrected chi connectivity index (χ1v) is 5.46. The molecule has 0 unspecified atom stereocenters. The van der Waals surface area contributed by atoms with Crippen LogP contribution in [0.5, 0.6) is 0 Å². The summed E-state index contributed by atoms with van der Waals surface area (Å²) in [6, 6.07) is 7.93. The molecule has 1 aromatic carbocycles. The Balaban J connectivity index is 2.41. The summed E-state index contributed by atoms with van der Waals surface area (Å²) < 4.78 is 0. The SMILES string of the molecule is Cc1ccc(C2(C(=O)O)CCCC2)cc1. The molecule has 80 valence electrons. The predicted octanol–water partition coefficient (Wildman–Crippen LogP) is 2.89. The van der Waals surface area contributed by atoms with Crippen molar-refractivity contribution in [2.75, 3.05) is 0 Å². The van der Waals surface area contributed by atoms with Gasteiger partial charge in [-0.15, -0.1) is 0 Å². The van der Waals surface area contributed by atoms with Gasteiger partial charge in [-0.25, -0.2) is 0 Å². The van der Waals surface area contributed by atoms with Gasteiger partial charge in [0.1, 0.15) is 0 Å². The number of aliphatic carboxylic acids is 1. The van der Waals surface area contributed by atoms with Crippen LogP contribution in [0.3, 0.4) is 0 Å². The third-order valence-corrected chi connectivity index (χ3v) is 3.47. The molecule has 0 bridgehead atoms. The molecular formula is C13H16O2.